The Morgan fingerprint density at radius 1 is 0.700 bits per heavy atom. The molecule has 1 nitrogen and oxygen atoms in total. The van der Waals surface area contributed by atoms with E-state index in [-0.39, 0.29) is 23.3 Å². The average molecular weight is 430 g/mol. The van der Waals surface area contributed by atoms with E-state index in [4.69, 9.17) is 0 Å². The van der Waals surface area contributed by atoms with E-state index < -0.39 is 46.5 Å². The van der Waals surface area contributed by atoms with E-state index in [9.17, 15) is 30.7 Å². The van der Waals surface area contributed by atoms with Crippen molar-refractivity contribution in [3.8, 4) is 16.9 Å². The van der Waals surface area contributed by atoms with Crippen LogP contribution in [-0.2, 0) is 6.11 Å². The van der Waals surface area contributed by atoms with E-state index in [0.29, 0.717) is 17.7 Å². The Labute approximate surface area is 168 Å². The number of rotatable bonds is 4. The standard InChI is InChI=1S/C20H11F7O.C2H6/c1-10-2-4-13(15(21)6-10)11-3-5-14(16(22)7-11)20(26,27)28-12-8-17(23)19(25)18(24)9-12;1-2/h2-9H,1H3;1-2H3. The zero-order valence-electron chi connectivity index (χ0n) is 16.2. The number of alkyl halides is 2. The monoisotopic (exact) mass is 430 g/mol. The molecule has 0 aliphatic carbocycles. The van der Waals surface area contributed by atoms with Gasteiger partial charge >= 0.3 is 6.11 Å². The maximum absolute atomic E-state index is 14.3. The number of hydrogen-bond donors (Lipinski definition) is 0. The van der Waals surface area contributed by atoms with E-state index >= 15 is 0 Å². The van der Waals surface area contributed by atoms with Crippen molar-refractivity contribution in [3.05, 3.63) is 88.7 Å². The van der Waals surface area contributed by atoms with E-state index in [1.165, 1.54) is 12.1 Å². The molecule has 0 aliphatic rings. The average Bonchev–Trinajstić information content (AvgIpc) is 2.67. The SMILES string of the molecule is CC.Cc1ccc(-c2ccc(C(F)(F)Oc3cc(F)c(F)c(F)c3)c(F)c2)c(F)c1. The molecule has 0 saturated heterocycles. The van der Waals surface area contributed by atoms with Crippen LogP contribution in [0.3, 0.4) is 0 Å². The Morgan fingerprint density at radius 2 is 1.30 bits per heavy atom. The molecule has 3 rings (SSSR count). The van der Waals surface area contributed by atoms with Gasteiger partial charge in [-0.15, -0.1) is 0 Å². The fourth-order valence-electron chi connectivity index (χ4n) is 2.57. The van der Waals surface area contributed by atoms with Crippen molar-refractivity contribution in [1.82, 2.24) is 0 Å². The summed E-state index contributed by atoms with van der Waals surface area (Å²) >= 11 is 0. The van der Waals surface area contributed by atoms with Gasteiger partial charge in [-0.1, -0.05) is 32.0 Å². The Balaban J connectivity index is 0.00000155. The summed E-state index contributed by atoms with van der Waals surface area (Å²) in [5.74, 6) is -8.45. The van der Waals surface area contributed by atoms with Crippen molar-refractivity contribution in [3.63, 3.8) is 0 Å². The van der Waals surface area contributed by atoms with Crippen LogP contribution >= 0.6 is 0 Å². The first-order chi connectivity index (χ1) is 14.1. The molecule has 8 heteroatoms. The minimum atomic E-state index is -4.33. The smallest absolute Gasteiger partial charge is 0.429 e. The van der Waals surface area contributed by atoms with Crippen LogP contribution in [0.1, 0.15) is 25.0 Å². The molecule has 0 aliphatic heterocycles. The van der Waals surface area contributed by atoms with Crippen LogP contribution in [0, 0.1) is 36.0 Å². The zero-order chi connectivity index (χ0) is 22.6. The summed E-state index contributed by atoms with van der Waals surface area (Å²) in [7, 11) is 0. The Morgan fingerprint density at radius 3 is 1.83 bits per heavy atom. The second kappa shape index (κ2) is 9.19. The summed E-state index contributed by atoms with van der Waals surface area (Å²) in [5, 5.41) is 0. The van der Waals surface area contributed by atoms with E-state index in [0.717, 1.165) is 6.07 Å². The van der Waals surface area contributed by atoms with Gasteiger partial charge in [0, 0.05) is 17.7 Å². The molecule has 0 heterocycles. The first kappa shape index (κ1) is 23.3. The van der Waals surface area contributed by atoms with Crippen LogP contribution in [0.4, 0.5) is 30.7 Å². The highest BCUT2D eigenvalue weighted by atomic mass is 19.3. The minimum Gasteiger partial charge on any atom is -0.429 e. The van der Waals surface area contributed by atoms with Gasteiger partial charge in [-0.25, -0.2) is 22.0 Å². The van der Waals surface area contributed by atoms with E-state index in [1.54, 1.807) is 13.0 Å². The fourth-order valence-corrected chi connectivity index (χ4v) is 2.57. The summed E-state index contributed by atoms with van der Waals surface area (Å²) in [6, 6.07) is 6.97. The summed E-state index contributed by atoms with van der Waals surface area (Å²) in [6.45, 7) is 5.65. The normalized spacial score (nSPS) is 11.0. The Bertz CT molecular complexity index is 1020. The predicted molar refractivity (Wildman–Crippen MR) is 98.7 cm³/mol. The molecular formula is C22H17F7O. The summed E-state index contributed by atoms with van der Waals surface area (Å²) < 4.78 is 100. The van der Waals surface area contributed by atoms with Gasteiger partial charge in [0.1, 0.15) is 17.4 Å². The molecular weight excluding hydrogens is 413 g/mol. The van der Waals surface area contributed by atoms with Gasteiger partial charge in [0.2, 0.25) is 0 Å². The van der Waals surface area contributed by atoms with Gasteiger partial charge in [-0.3, -0.25) is 0 Å². The molecule has 0 atom stereocenters. The summed E-state index contributed by atoms with van der Waals surface area (Å²) in [4.78, 5) is 0. The maximum Gasteiger partial charge on any atom is 0.429 e. The van der Waals surface area contributed by atoms with E-state index in [2.05, 4.69) is 4.74 Å². The molecule has 0 unspecified atom stereocenters. The molecule has 0 N–H and O–H groups in total. The highest BCUT2D eigenvalue weighted by Gasteiger charge is 2.38. The minimum absolute atomic E-state index is 0.00274. The highest BCUT2D eigenvalue weighted by Crippen LogP contribution is 2.36. The maximum atomic E-state index is 14.3. The molecule has 160 valence electrons. The van der Waals surface area contributed by atoms with Crippen molar-refractivity contribution >= 4 is 0 Å². The number of ether oxygens (including phenoxy) is 1. The zero-order valence-corrected chi connectivity index (χ0v) is 16.2. The lowest BCUT2D eigenvalue weighted by Gasteiger charge is -2.19. The van der Waals surface area contributed by atoms with Crippen molar-refractivity contribution in [2.24, 2.45) is 0 Å². The predicted octanol–water partition coefficient (Wildman–Crippen LogP) is 7.51. The van der Waals surface area contributed by atoms with E-state index in [1.807, 2.05) is 13.8 Å². The second-order valence-electron chi connectivity index (χ2n) is 6.00. The Hall–Kier alpha value is -3.03. The third-order valence-corrected chi connectivity index (χ3v) is 3.92. The molecule has 0 amide bonds. The van der Waals surface area contributed by atoms with Gasteiger partial charge < -0.3 is 4.74 Å². The van der Waals surface area contributed by atoms with Crippen LogP contribution in [-0.4, -0.2) is 0 Å². The van der Waals surface area contributed by atoms with Crippen LogP contribution < -0.4 is 4.74 Å². The summed E-state index contributed by atoms with van der Waals surface area (Å²) in [6.07, 6.45) is -4.33. The molecule has 0 radical (unpaired) electrons. The first-order valence-corrected chi connectivity index (χ1v) is 8.86. The molecule has 3 aromatic rings. The lowest BCUT2D eigenvalue weighted by molar-refractivity contribution is -0.187. The van der Waals surface area contributed by atoms with Gasteiger partial charge in [-0.05, 0) is 36.2 Å². The topological polar surface area (TPSA) is 9.23 Å². The van der Waals surface area contributed by atoms with Crippen LogP contribution in [0.15, 0.2) is 48.5 Å². The second-order valence-corrected chi connectivity index (χ2v) is 6.00. The van der Waals surface area contributed by atoms with Crippen molar-refractivity contribution in [1.29, 1.82) is 0 Å². The first-order valence-electron chi connectivity index (χ1n) is 8.86. The van der Waals surface area contributed by atoms with Gasteiger partial charge in [0.25, 0.3) is 0 Å². The van der Waals surface area contributed by atoms with Crippen LogP contribution in [0.2, 0.25) is 0 Å². The molecule has 0 spiro atoms. The number of benzene rings is 3. The van der Waals surface area contributed by atoms with Crippen LogP contribution in [0.25, 0.3) is 11.1 Å². The fraction of sp³-hybridized carbons (Fsp3) is 0.182. The molecule has 0 saturated carbocycles. The molecule has 0 bridgehead atoms. The number of halogens is 7. The van der Waals surface area contributed by atoms with Crippen molar-refractivity contribution in [2.75, 3.05) is 0 Å². The van der Waals surface area contributed by atoms with Gasteiger partial charge in [-0.2, -0.15) is 8.78 Å². The molecule has 30 heavy (non-hydrogen) atoms. The van der Waals surface area contributed by atoms with Gasteiger partial charge in [0.15, 0.2) is 17.5 Å². The Kier molecular flexibility index (Phi) is 7.12. The summed E-state index contributed by atoms with van der Waals surface area (Å²) in [5.41, 5.74) is -0.609. The van der Waals surface area contributed by atoms with Gasteiger partial charge in [0.05, 0.1) is 5.56 Å². The third kappa shape index (κ3) is 4.93. The molecule has 0 aromatic heterocycles. The van der Waals surface area contributed by atoms with Crippen molar-refractivity contribution < 1.29 is 35.5 Å². The lowest BCUT2D eigenvalue weighted by atomic mass is 10.0. The molecule has 3 aromatic carbocycles. The lowest BCUT2D eigenvalue weighted by Crippen LogP contribution is -2.23. The third-order valence-electron chi connectivity index (χ3n) is 3.92. The quantitative estimate of drug-likeness (QED) is 0.307. The van der Waals surface area contributed by atoms with Crippen LogP contribution in [0.5, 0.6) is 5.75 Å². The number of hydrogen-bond acceptors (Lipinski definition) is 1. The largest absolute Gasteiger partial charge is 0.429 e. The highest BCUT2D eigenvalue weighted by molar-refractivity contribution is 5.65. The molecule has 0 fully saturated rings. The number of aryl methyl sites for hydroxylation is 1. The van der Waals surface area contributed by atoms with Crippen molar-refractivity contribution in [2.45, 2.75) is 26.9 Å².